The predicted molar refractivity (Wildman–Crippen MR) is 93.3 cm³/mol. The normalized spacial score (nSPS) is 21.9. The van der Waals surface area contributed by atoms with Crippen LogP contribution < -0.4 is 0 Å². The first-order valence-electron chi connectivity index (χ1n) is 7.94. The molecule has 2 heterocycles. The van der Waals surface area contributed by atoms with Crippen molar-refractivity contribution in [3.05, 3.63) is 65.2 Å². The van der Waals surface area contributed by atoms with E-state index < -0.39 is 0 Å². The minimum absolute atomic E-state index is 0.415. The molecule has 0 radical (unpaired) electrons. The molecule has 2 aromatic rings. The first kappa shape index (κ1) is 14.3. The van der Waals surface area contributed by atoms with Gasteiger partial charge in [-0.1, -0.05) is 42.5 Å². The van der Waals surface area contributed by atoms with Crippen molar-refractivity contribution in [3.8, 4) is 0 Å². The maximum absolute atomic E-state index is 2.63. The van der Waals surface area contributed by atoms with Gasteiger partial charge in [0.05, 0.1) is 6.04 Å². The van der Waals surface area contributed by atoms with Gasteiger partial charge in [0, 0.05) is 29.8 Å². The van der Waals surface area contributed by atoms with Gasteiger partial charge in [0.15, 0.2) is 0 Å². The highest BCUT2D eigenvalue weighted by molar-refractivity contribution is 7.98. The summed E-state index contributed by atoms with van der Waals surface area (Å²) in [4.78, 5) is 6.42. The smallest absolute Gasteiger partial charge is 0.0616 e. The second-order valence-corrected chi connectivity index (χ2v) is 7.52. The summed E-state index contributed by atoms with van der Waals surface area (Å²) < 4.78 is 0. The number of hydrogen-bond donors (Lipinski definition) is 0. The van der Waals surface area contributed by atoms with Gasteiger partial charge in [0.1, 0.15) is 0 Å². The van der Waals surface area contributed by atoms with Crippen LogP contribution in [0.1, 0.15) is 22.7 Å². The lowest BCUT2D eigenvalue weighted by Crippen LogP contribution is -2.58. The molecule has 3 heteroatoms. The second-order valence-electron chi connectivity index (χ2n) is 6.50. The van der Waals surface area contributed by atoms with Gasteiger partial charge in [-0.15, -0.1) is 11.8 Å². The van der Waals surface area contributed by atoms with Gasteiger partial charge in [0.2, 0.25) is 0 Å². The molecule has 2 aliphatic rings. The van der Waals surface area contributed by atoms with Crippen LogP contribution in [0.5, 0.6) is 0 Å². The highest BCUT2D eigenvalue weighted by Crippen LogP contribution is 2.43. The van der Waals surface area contributed by atoms with E-state index in [4.69, 9.17) is 0 Å². The van der Waals surface area contributed by atoms with Gasteiger partial charge in [-0.3, -0.25) is 4.90 Å². The molecule has 0 saturated carbocycles. The molecule has 0 bridgehead atoms. The van der Waals surface area contributed by atoms with Crippen LogP contribution in [0.4, 0.5) is 0 Å². The minimum Gasteiger partial charge on any atom is -0.304 e. The molecule has 1 atom stereocenters. The quantitative estimate of drug-likeness (QED) is 0.836. The van der Waals surface area contributed by atoms with Crippen molar-refractivity contribution in [3.63, 3.8) is 0 Å². The molecule has 0 spiro atoms. The Kier molecular flexibility index (Phi) is 3.73. The van der Waals surface area contributed by atoms with E-state index >= 15 is 0 Å². The van der Waals surface area contributed by atoms with Crippen LogP contribution in [-0.4, -0.2) is 43.0 Å². The van der Waals surface area contributed by atoms with Crippen molar-refractivity contribution in [2.75, 3.05) is 27.2 Å². The average Bonchev–Trinajstić information content (AvgIpc) is 2.64. The van der Waals surface area contributed by atoms with E-state index in [0.717, 1.165) is 18.8 Å². The molecule has 2 aliphatic heterocycles. The summed E-state index contributed by atoms with van der Waals surface area (Å²) in [6.45, 7) is 2.32. The zero-order valence-corrected chi connectivity index (χ0v) is 14.0. The molecular weight excluding hydrogens is 288 g/mol. The van der Waals surface area contributed by atoms with Crippen molar-refractivity contribution in [2.45, 2.75) is 22.7 Å². The van der Waals surface area contributed by atoms with Crippen LogP contribution in [0.25, 0.3) is 0 Å². The molecule has 0 unspecified atom stereocenters. The van der Waals surface area contributed by atoms with Gasteiger partial charge in [0.25, 0.3) is 0 Å². The highest BCUT2D eigenvalue weighted by atomic mass is 32.2. The Morgan fingerprint density at radius 2 is 1.64 bits per heavy atom. The lowest BCUT2D eigenvalue weighted by molar-refractivity contribution is 0.0386. The van der Waals surface area contributed by atoms with E-state index in [2.05, 4.69) is 72.4 Å². The van der Waals surface area contributed by atoms with E-state index in [1.165, 1.54) is 21.6 Å². The van der Waals surface area contributed by atoms with Gasteiger partial charge in [-0.2, -0.15) is 0 Å². The Labute approximate surface area is 137 Å². The van der Waals surface area contributed by atoms with Gasteiger partial charge in [-0.05, 0) is 36.9 Å². The lowest BCUT2D eigenvalue weighted by atomic mass is 9.90. The van der Waals surface area contributed by atoms with Crippen molar-refractivity contribution < 1.29 is 0 Å². The Hall–Kier alpha value is -1.29. The van der Waals surface area contributed by atoms with E-state index in [-0.39, 0.29) is 0 Å². The van der Waals surface area contributed by atoms with E-state index in [1.807, 2.05) is 11.8 Å². The first-order chi connectivity index (χ1) is 10.7. The van der Waals surface area contributed by atoms with Crippen molar-refractivity contribution in [1.29, 1.82) is 0 Å². The minimum atomic E-state index is 0.415. The number of likely N-dealkylation sites (tertiary alicyclic amines) is 1. The molecule has 2 aromatic carbocycles. The van der Waals surface area contributed by atoms with Crippen LogP contribution in [0.2, 0.25) is 0 Å². The fraction of sp³-hybridized carbons (Fsp3) is 0.368. The number of benzene rings is 2. The second kappa shape index (κ2) is 5.73. The van der Waals surface area contributed by atoms with Crippen LogP contribution in [0.15, 0.2) is 53.4 Å². The van der Waals surface area contributed by atoms with Crippen LogP contribution >= 0.6 is 11.8 Å². The Balaban J connectivity index is 1.75. The van der Waals surface area contributed by atoms with E-state index in [9.17, 15) is 0 Å². The Morgan fingerprint density at radius 3 is 2.41 bits per heavy atom. The molecule has 114 valence electrons. The predicted octanol–water partition coefficient (Wildman–Crippen LogP) is 3.63. The molecule has 2 nitrogen and oxygen atoms in total. The van der Waals surface area contributed by atoms with Crippen LogP contribution in [-0.2, 0) is 5.75 Å². The van der Waals surface area contributed by atoms with Crippen molar-refractivity contribution >= 4 is 11.8 Å². The van der Waals surface area contributed by atoms with Gasteiger partial charge < -0.3 is 4.90 Å². The largest absolute Gasteiger partial charge is 0.304 e. The lowest BCUT2D eigenvalue weighted by Gasteiger charge is -2.47. The Bertz CT molecular complexity index is 629. The summed E-state index contributed by atoms with van der Waals surface area (Å²) in [6.07, 6.45) is 0. The molecule has 0 aromatic heterocycles. The van der Waals surface area contributed by atoms with Gasteiger partial charge >= 0.3 is 0 Å². The number of likely N-dealkylation sites (N-methyl/N-ethyl adjacent to an activating group) is 1. The van der Waals surface area contributed by atoms with Crippen molar-refractivity contribution in [2.24, 2.45) is 0 Å². The van der Waals surface area contributed by atoms with Crippen LogP contribution in [0, 0.1) is 0 Å². The number of rotatable bonds is 2. The van der Waals surface area contributed by atoms with Gasteiger partial charge in [-0.25, -0.2) is 0 Å². The Morgan fingerprint density at radius 1 is 0.955 bits per heavy atom. The van der Waals surface area contributed by atoms with Crippen LogP contribution in [0.3, 0.4) is 0 Å². The molecule has 1 saturated heterocycles. The molecule has 0 amide bonds. The summed E-state index contributed by atoms with van der Waals surface area (Å²) in [7, 11) is 4.37. The van der Waals surface area contributed by atoms with E-state index in [1.54, 1.807) is 0 Å². The molecule has 0 N–H and O–H groups in total. The maximum Gasteiger partial charge on any atom is 0.0616 e. The third-order valence-corrected chi connectivity index (χ3v) is 6.07. The van der Waals surface area contributed by atoms with Crippen molar-refractivity contribution in [1.82, 2.24) is 9.80 Å². The fourth-order valence-corrected chi connectivity index (χ4v) is 4.61. The zero-order valence-electron chi connectivity index (χ0n) is 13.2. The topological polar surface area (TPSA) is 6.48 Å². The summed E-state index contributed by atoms with van der Waals surface area (Å²) >= 11 is 1.98. The SMILES string of the molecule is CN(C)C1CN([C@H]2c3ccccc3CSc3ccccc32)C1. The number of thioether (sulfide) groups is 1. The molecule has 22 heavy (non-hydrogen) atoms. The summed E-state index contributed by atoms with van der Waals surface area (Å²) in [5.41, 5.74) is 4.47. The molecule has 1 fully saturated rings. The average molecular weight is 310 g/mol. The summed E-state index contributed by atoms with van der Waals surface area (Å²) in [5, 5.41) is 0. The third kappa shape index (κ3) is 2.37. The number of fused-ring (bicyclic) bond motifs is 2. The summed E-state index contributed by atoms with van der Waals surface area (Å²) in [5.74, 6) is 1.08. The third-order valence-electron chi connectivity index (χ3n) is 4.93. The summed E-state index contributed by atoms with van der Waals surface area (Å²) in [6, 6.07) is 19.0. The first-order valence-corrected chi connectivity index (χ1v) is 8.92. The monoisotopic (exact) mass is 310 g/mol. The number of hydrogen-bond acceptors (Lipinski definition) is 3. The highest BCUT2D eigenvalue weighted by Gasteiger charge is 2.37. The maximum atomic E-state index is 2.63. The zero-order chi connectivity index (χ0) is 15.1. The molecule has 4 rings (SSSR count). The molecule has 0 aliphatic carbocycles. The molecular formula is C19H22N2S. The van der Waals surface area contributed by atoms with E-state index in [0.29, 0.717) is 12.1 Å². The fourth-order valence-electron chi connectivity index (χ4n) is 3.51. The number of nitrogens with zero attached hydrogens (tertiary/aromatic N) is 2. The standard InChI is InChI=1S/C19H22N2S/c1-20(2)15-11-21(12-15)19-16-8-4-3-7-14(16)13-22-18-10-6-5-9-17(18)19/h3-10,15,19H,11-13H2,1-2H3/t19-/m0/s1.